The standard InChI is InChI=1S/C49H37N5/c1-3-32-20-15-23-40-38-21-11-14-25-43(38)54(46(32)40)44-31-45-41(30-33(44)4-2)39-22-12-13-24-42(39)53(45)37-28-26-36(27-29-37)49-51-47(34-16-7-5-8-17-34)50-48(52-49)35-18-9-6-10-19-35/h5-31H,3-4H2,1-2H3. The Morgan fingerprint density at radius 1 is 0.389 bits per heavy atom. The molecule has 3 heterocycles. The lowest BCUT2D eigenvalue weighted by atomic mass is 10.0. The van der Waals surface area contributed by atoms with Crippen LogP contribution in [0.2, 0.25) is 0 Å². The quantitative estimate of drug-likeness (QED) is 0.167. The van der Waals surface area contributed by atoms with Crippen molar-refractivity contribution in [1.29, 1.82) is 0 Å². The van der Waals surface area contributed by atoms with E-state index in [9.17, 15) is 0 Å². The summed E-state index contributed by atoms with van der Waals surface area (Å²) in [4.78, 5) is 14.9. The van der Waals surface area contributed by atoms with E-state index in [4.69, 9.17) is 15.0 Å². The topological polar surface area (TPSA) is 48.5 Å². The Hall–Kier alpha value is -6.85. The highest BCUT2D eigenvalue weighted by Gasteiger charge is 2.21. The predicted molar refractivity (Wildman–Crippen MR) is 224 cm³/mol. The molecular formula is C49H37N5. The van der Waals surface area contributed by atoms with Crippen LogP contribution in [0.5, 0.6) is 0 Å². The molecule has 0 bridgehead atoms. The maximum absolute atomic E-state index is 4.98. The van der Waals surface area contributed by atoms with Gasteiger partial charge in [-0.2, -0.15) is 0 Å². The lowest BCUT2D eigenvalue weighted by molar-refractivity contribution is 1.05. The van der Waals surface area contributed by atoms with Crippen molar-refractivity contribution in [2.24, 2.45) is 0 Å². The fourth-order valence-corrected chi connectivity index (χ4v) is 8.14. The molecule has 10 aromatic rings. The summed E-state index contributed by atoms with van der Waals surface area (Å²) in [5, 5.41) is 5.08. The number of para-hydroxylation sites is 3. The Morgan fingerprint density at radius 2 is 0.889 bits per heavy atom. The molecule has 0 spiro atoms. The summed E-state index contributed by atoms with van der Waals surface area (Å²) < 4.78 is 4.92. The van der Waals surface area contributed by atoms with Gasteiger partial charge in [0.2, 0.25) is 0 Å². The van der Waals surface area contributed by atoms with Gasteiger partial charge in [0.1, 0.15) is 0 Å². The maximum atomic E-state index is 4.98. The summed E-state index contributed by atoms with van der Waals surface area (Å²) in [5.74, 6) is 1.95. The van der Waals surface area contributed by atoms with Crippen molar-refractivity contribution < 1.29 is 0 Å². The molecule has 0 aliphatic heterocycles. The second-order valence-electron chi connectivity index (χ2n) is 13.8. The van der Waals surface area contributed by atoms with Crippen LogP contribution in [0, 0.1) is 0 Å². The normalized spacial score (nSPS) is 11.7. The molecule has 5 heteroatoms. The van der Waals surface area contributed by atoms with Crippen LogP contribution < -0.4 is 0 Å². The first-order chi connectivity index (χ1) is 26.7. The molecule has 258 valence electrons. The summed E-state index contributed by atoms with van der Waals surface area (Å²) in [6.45, 7) is 4.52. The molecule has 0 unspecified atom stereocenters. The summed E-state index contributed by atoms with van der Waals surface area (Å²) in [6, 6.07) is 58.1. The molecule has 10 rings (SSSR count). The van der Waals surface area contributed by atoms with E-state index in [1.54, 1.807) is 0 Å². The average Bonchev–Trinajstić information content (AvgIpc) is 3.76. The van der Waals surface area contributed by atoms with E-state index in [1.807, 2.05) is 60.7 Å². The van der Waals surface area contributed by atoms with Crippen molar-refractivity contribution in [2.45, 2.75) is 26.7 Å². The number of fused-ring (bicyclic) bond motifs is 6. The van der Waals surface area contributed by atoms with Crippen LogP contribution in [0.25, 0.3) is 89.2 Å². The zero-order chi connectivity index (χ0) is 36.2. The third-order valence-electron chi connectivity index (χ3n) is 10.7. The zero-order valence-electron chi connectivity index (χ0n) is 30.2. The highest BCUT2D eigenvalue weighted by atomic mass is 15.0. The Labute approximate surface area is 313 Å². The molecule has 0 N–H and O–H groups in total. The summed E-state index contributed by atoms with van der Waals surface area (Å²) >= 11 is 0. The second-order valence-corrected chi connectivity index (χ2v) is 13.8. The third-order valence-corrected chi connectivity index (χ3v) is 10.7. The first-order valence-electron chi connectivity index (χ1n) is 18.8. The highest BCUT2D eigenvalue weighted by Crippen LogP contribution is 2.40. The van der Waals surface area contributed by atoms with E-state index in [2.05, 4.69) is 126 Å². The van der Waals surface area contributed by atoms with Gasteiger partial charge in [-0.1, -0.05) is 129 Å². The molecular weight excluding hydrogens is 659 g/mol. The first kappa shape index (κ1) is 31.9. The van der Waals surface area contributed by atoms with Crippen molar-refractivity contribution in [1.82, 2.24) is 24.1 Å². The van der Waals surface area contributed by atoms with Crippen LogP contribution in [0.4, 0.5) is 0 Å². The Balaban J connectivity index is 1.17. The molecule has 0 saturated heterocycles. The van der Waals surface area contributed by atoms with Gasteiger partial charge in [-0.05, 0) is 72.5 Å². The molecule has 0 aliphatic rings. The molecule has 0 amide bonds. The van der Waals surface area contributed by atoms with E-state index < -0.39 is 0 Å². The molecule has 0 atom stereocenters. The maximum Gasteiger partial charge on any atom is 0.164 e. The van der Waals surface area contributed by atoms with Crippen molar-refractivity contribution in [3.05, 3.63) is 175 Å². The molecule has 0 saturated carbocycles. The van der Waals surface area contributed by atoms with Gasteiger partial charge >= 0.3 is 0 Å². The van der Waals surface area contributed by atoms with Crippen LogP contribution in [-0.2, 0) is 12.8 Å². The molecule has 3 aromatic heterocycles. The van der Waals surface area contributed by atoms with Gasteiger partial charge in [-0.25, -0.2) is 15.0 Å². The monoisotopic (exact) mass is 695 g/mol. The van der Waals surface area contributed by atoms with Gasteiger partial charge in [-0.15, -0.1) is 0 Å². The second kappa shape index (κ2) is 13.0. The van der Waals surface area contributed by atoms with Crippen LogP contribution in [0.3, 0.4) is 0 Å². The van der Waals surface area contributed by atoms with Gasteiger partial charge < -0.3 is 9.13 Å². The van der Waals surface area contributed by atoms with Gasteiger partial charge in [-0.3, -0.25) is 0 Å². The van der Waals surface area contributed by atoms with E-state index in [-0.39, 0.29) is 0 Å². The van der Waals surface area contributed by atoms with Crippen LogP contribution in [0.1, 0.15) is 25.0 Å². The van der Waals surface area contributed by atoms with E-state index in [0.717, 1.165) is 35.2 Å². The molecule has 0 fully saturated rings. The van der Waals surface area contributed by atoms with Crippen molar-refractivity contribution in [2.75, 3.05) is 0 Å². The van der Waals surface area contributed by atoms with Crippen molar-refractivity contribution in [3.8, 4) is 45.5 Å². The fourth-order valence-electron chi connectivity index (χ4n) is 8.14. The summed E-state index contributed by atoms with van der Waals surface area (Å²) in [7, 11) is 0. The molecule has 0 aliphatic carbocycles. The molecule has 54 heavy (non-hydrogen) atoms. The SMILES string of the molecule is CCc1cc2c3ccccc3n(-c3ccc(-c4nc(-c5ccccc5)nc(-c5ccccc5)n4)cc3)c2cc1-n1c2ccccc2c2cccc(CC)c21. The number of benzene rings is 7. The number of hydrogen-bond donors (Lipinski definition) is 0. The van der Waals surface area contributed by atoms with Crippen molar-refractivity contribution in [3.63, 3.8) is 0 Å². The Bertz CT molecular complexity index is 2930. The lowest BCUT2D eigenvalue weighted by Crippen LogP contribution is -2.02. The predicted octanol–water partition coefficient (Wildman–Crippen LogP) is 12.2. The minimum absolute atomic E-state index is 0.643. The van der Waals surface area contributed by atoms with Gasteiger partial charge in [0.25, 0.3) is 0 Å². The Morgan fingerprint density at radius 3 is 1.48 bits per heavy atom. The van der Waals surface area contributed by atoms with Gasteiger partial charge in [0.05, 0.1) is 27.8 Å². The smallest absolute Gasteiger partial charge is 0.164 e. The zero-order valence-corrected chi connectivity index (χ0v) is 30.2. The summed E-state index contributed by atoms with van der Waals surface area (Å²) in [5.41, 5.74) is 12.7. The largest absolute Gasteiger partial charge is 0.309 e. The lowest BCUT2D eigenvalue weighted by Gasteiger charge is -2.16. The molecule has 7 aromatic carbocycles. The third kappa shape index (κ3) is 5.12. The van der Waals surface area contributed by atoms with E-state index >= 15 is 0 Å². The number of hydrogen-bond acceptors (Lipinski definition) is 3. The minimum Gasteiger partial charge on any atom is -0.309 e. The molecule has 5 nitrogen and oxygen atoms in total. The highest BCUT2D eigenvalue weighted by molar-refractivity contribution is 6.13. The van der Waals surface area contributed by atoms with E-state index in [1.165, 1.54) is 60.4 Å². The van der Waals surface area contributed by atoms with Crippen LogP contribution >= 0.6 is 0 Å². The summed E-state index contributed by atoms with van der Waals surface area (Å²) in [6.07, 6.45) is 1.88. The number of nitrogens with zero attached hydrogens (tertiary/aromatic N) is 5. The first-order valence-corrected chi connectivity index (χ1v) is 18.8. The van der Waals surface area contributed by atoms with Crippen LogP contribution in [0.15, 0.2) is 164 Å². The minimum atomic E-state index is 0.643. The van der Waals surface area contributed by atoms with Crippen LogP contribution in [-0.4, -0.2) is 24.1 Å². The number of aromatic nitrogens is 5. The van der Waals surface area contributed by atoms with Gasteiger partial charge in [0, 0.05) is 43.9 Å². The number of rotatable bonds is 7. The number of aryl methyl sites for hydroxylation is 2. The van der Waals surface area contributed by atoms with E-state index in [0.29, 0.717) is 17.5 Å². The Kier molecular flexibility index (Phi) is 7.65. The molecule has 0 radical (unpaired) electrons. The fraction of sp³-hybridized carbons (Fsp3) is 0.0816. The van der Waals surface area contributed by atoms with Crippen molar-refractivity contribution >= 4 is 43.6 Å². The average molecular weight is 696 g/mol. The van der Waals surface area contributed by atoms with Gasteiger partial charge in [0.15, 0.2) is 17.5 Å².